The van der Waals surface area contributed by atoms with Gasteiger partial charge in [-0.2, -0.15) is 11.8 Å². The predicted molar refractivity (Wildman–Crippen MR) is 63.4 cm³/mol. The number of ether oxygens (including phenoxy) is 1. The lowest BCUT2D eigenvalue weighted by atomic mass is 9.85. The van der Waals surface area contributed by atoms with Gasteiger partial charge in [0, 0.05) is 11.3 Å². The Labute approximate surface area is 94.6 Å². The first-order valence-corrected chi connectivity index (χ1v) is 6.27. The Hall–Kier alpha value is -0.670. The fourth-order valence-electron chi connectivity index (χ4n) is 2.02. The molecule has 2 atom stereocenters. The Morgan fingerprint density at radius 3 is 2.80 bits per heavy atom. The highest BCUT2D eigenvalue weighted by Crippen LogP contribution is 2.44. The highest BCUT2D eigenvalue weighted by atomic mass is 32.2. The normalized spacial score (nSPS) is 30.5. The van der Waals surface area contributed by atoms with Gasteiger partial charge in [0.2, 0.25) is 0 Å². The van der Waals surface area contributed by atoms with Crippen LogP contribution in [0.1, 0.15) is 12.5 Å². The fraction of sp³-hybridized carbons (Fsp3) is 0.500. The van der Waals surface area contributed by atoms with E-state index in [2.05, 4.69) is 6.92 Å². The van der Waals surface area contributed by atoms with Crippen LogP contribution >= 0.6 is 11.8 Å². The van der Waals surface area contributed by atoms with E-state index in [4.69, 9.17) is 4.74 Å². The van der Waals surface area contributed by atoms with Crippen molar-refractivity contribution in [3.8, 4) is 5.75 Å². The van der Waals surface area contributed by atoms with E-state index in [0.29, 0.717) is 0 Å². The van der Waals surface area contributed by atoms with Crippen LogP contribution in [0.2, 0.25) is 0 Å². The summed E-state index contributed by atoms with van der Waals surface area (Å²) < 4.78 is 5.30. The standard InChI is InChI=1S/C12H16O2S/c1-9-7-15-8-12(9,13)10-5-3-4-6-11(10)14-2/h3-6,9,13H,7-8H2,1-2H3/t9-,12+/m1/s1. The number of methoxy groups -OCH3 is 1. The molecule has 1 aliphatic heterocycles. The SMILES string of the molecule is COc1ccccc1[C@]1(O)CSC[C@H]1C. The third-order valence-corrected chi connectivity index (χ3v) is 4.46. The third-order valence-electron chi connectivity index (χ3n) is 3.08. The number of hydrogen-bond acceptors (Lipinski definition) is 3. The molecule has 1 N–H and O–H groups in total. The maximum absolute atomic E-state index is 10.6. The summed E-state index contributed by atoms with van der Waals surface area (Å²) in [6.45, 7) is 2.09. The Bertz CT molecular complexity index is 353. The summed E-state index contributed by atoms with van der Waals surface area (Å²) in [4.78, 5) is 0. The van der Waals surface area contributed by atoms with Gasteiger partial charge in [-0.25, -0.2) is 0 Å². The number of thioether (sulfide) groups is 1. The molecule has 15 heavy (non-hydrogen) atoms. The molecule has 0 spiro atoms. The minimum absolute atomic E-state index is 0.277. The molecule has 2 rings (SSSR count). The molecule has 1 aromatic carbocycles. The molecule has 0 aromatic heterocycles. The number of para-hydroxylation sites is 1. The fourth-order valence-corrected chi connectivity index (χ4v) is 3.52. The average Bonchev–Trinajstić information content (AvgIpc) is 2.60. The van der Waals surface area contributed by atoms with Gasteiger partial charge in [-0.15, -0.1) is 0 Å². The van der Waals surface area contributed by atoms with Crippen molar-refractivity contribution in [3.05, 3.63) is 29.8 Å². The topological polar surface area (TPSA) is 29.5 Å². The van der Waals surface area contributed by atoms with Crippen LogP contribution in [0.25, 0.3) is 0 Å². The molecule has 1 aromatic rings. The largest absolute Gasteiger partial charge is 0.496 e. The van der Waals surface area contributed by atoms with Gasteiger partial charge in [0.05, 0.1) is 7.11 Å². The summed E-state index contributed by atoms with van der Waals surface area (Å²) in [7, 11) is 1.65. The molecular formula is C12H16O2S. The van der Waals surface area contributed by atoms with E-state index in [1.807, 2.05) is 24.3 Å². The summed E-state index contributed by atoms with van der Waals surface area (Å²) in [6, 6.07) is 7.74. The Morgan fingerprint density at radius 1 is 1.47 bits per heavy atom. The minimum Gasteiger partial charge on any atom is -0.496 e. The molecule has 2 nitrogen and oxygen atoms in total. The summed E-state index contributed by atoms with van der Waals surface area (Å²) in [5.74, 6) is 2.83. The molecule has 0 aliphatic carbocycles. The van der Waals surface area contributed by atoms with E-state index >= 15 is 0 Å². The van der Waals surface area contributed by atoms with E-state index in [0.717, 1.165) is 22.8 Å². The number of aliphatic hydroxyl groups is 1. The van der Waals surface area contributed by atoms with Crippen LogP contribution < -0.4 is 4.74 Å². The van der Waals surface area contributed by atoms with Crippen molar-refractivity contribution in [2.75, 3.05) is 18.6 Å². The lowest BCUT2D eigenvalue weighted by Crippen LogP contribution is -2.32. The zero-order valence-electron chi connectivity index (χ0n) is 9.06. The highest BCUT2D eigenvalue weighted by molar-refractivity contribution is 7.99. The van der Waals surface area contributed by atoms with Crippen LogP contribution in [-0.2, 0) is 5.60 Å². The van der Waals surface area contributed by atoms with Gasteiger partial charge < -0.3 is 9.84 Å². The van der Waals surface area contributed by atoms with Crippen molar-refractivity contribution < 1.29 is 9.84 Å². The van der Waals surface area contributed by atoms with Crippen LogP contribution in [0.4, 0.5) is 0 Å². The van der Waals surface area contributed by atoms with Crippen molar-refractivity contribution in [1.82, 2.24) is 0 Å². The molecule has 0 amide bonds. The Morgan fingerprint density at radius 2 is 2.20 bits per heavy atom. The molecule has 0 bridgehead atoms. The van der Waals surface area contributed by atoms with Crippen LogP contribution in [0, 0.1) is 5.92 Å². The van der Waals surface area contributed by atoms with E-state index in [1.165, 1.54) is 0 Å². The number of benzene rings is 1. The molecule has 1 fully saturated rings. The summed E-state index contributed by atoms with van der Waals surface area (Å²) in [5.41, 5.74) is 0.196. The second-order valence-electron chi connectivity index (χ2n) is 4.04. The van der Waals surface area contributed by atoms with Crippen LogP contribution in [0.3, 0.4) is 0 Å². The molecule has 1 heterocycles. The van der Waals surface area contributed by atoms with Crippen LogP contribution in [-0.4, -0.2) is 23.7 Å². The molecule has 3 heteroatoms. The van der Waals surface area contributed by atoms with Crippen LogP contribution in [0.15, 0.2) is 24.3 Å². The quantitative estimate of drug-likeness (QED) is 0.835. The van der Waals surface area contributed by atoms with E-state index in [1.54, 1.807) is 18.9 Å². The second-order valence-corrected chi connectivity index (χ2v) is 5.07. The molecule has 1 saturated heterocycles. The summed E-state index contributed by atoms with van der Waals surface area (Å²) in [5, 5.41) is 10.6. The highest BCUT2D eigenvalue weighted by Gasteiger charge is 2.42. The Balaban J connectivity index is 2.43. The molecule has 82 valence electrons. The molecular weight excluding hydrogens is 208 g/mol. The zero-order chi connectivity index (χ0) is 10.9. The van der Waals surface area contributed by atoms with Gasteiger partial charge in [-0.05, 0) is 17.7 Å². The first-order valence-electron chi connectivity index (χ1n) is 5.12. The second kappa shape index (κ2) is 4.06. The predicted octanol–water partition coefficient (Wildman–Crippen LogP) is 2.27. The van der Waals surface area contributed by atoms with Crippen LogP contribution in [0.5, 0.6) is 5.75 Å². The first-order chi connectivity index (χ1) is 7.18. The lowest BCUT2D eigenvalue weighted by Gasteiger charge is -2.28. The third kappa shape index (κ3) is 1.74. The lowest BCUT2D eigenvalue weighted by molar-refractivity contribution is 0.0212. The van der Waals surface area contributed by atoms with Gasteiger partial charge in [0.25, 0.3) is 0 Å². The Kier molecular flexibility index (Phi) is 2.94. The number of rotatable bonds is 2. The molecule has 0 radical (unpaired) electrons. The molecule has 0 unspecified atom stereocenters. The maximum Gasteiger partial charge on any atom is 0.124 e. The van der Waals surface area contributed by atoms with Crippen molar-refractivity contribution in [2.45, 2.75) is 12.5 Å². The van der Waals surface area contributed by atoms with Gasteiger partial charge in [0.1, 0.15) is 11.4 Å². The van der Waals surface area contributed by atoms with E-state index in [9.17, 15) is 5.11 Å². The van der Waals surface area contributed by atoms with Gasteiger partial charge in [-0.1, -0.05) is 25.1 Å². The van der Waals surface area contributed by atoms with E-state index in [-0.39, 0.29) is 5.92 Å². The molecule has 0 saturated carbocycles. The number of hydrogen-bond donors (Lipinski definition) is 1. The maximum atomic E-state index is 10.6. The van der Waals surface area contributed by atoms with Crippen molar-refractivity contribution in [2.24, 2.45) is 5.92 Å². The van der Waals surface area contributed by atoms with E-state index < -0.39 is 5.60 Å². The molecule has 1 aliphatic rings. The smallest absolute Gasteiger partial charge is 0.124 e. The van der Waals surface area contributed by atoms with Crippen molar-refractivity contribution >= 4 is 11.8 Å². The first kappa shape index (κ1) is 10.8. The average molecular weight is 224 g/mol. The monoisotopic (exact) mass is 224 g/mol. The van der Waals surface area contributed by atoms with Gasteiger partial charge in [-0.3, -0.25) is 0 Å². The minimum atomic E-state index is -0.725. The van der Waals surface area contributed by atoms with Gasteiger partial charge in [0.15, 0.2) is 0 Å². The zero-order valence-corrected chi connectivity index (χ0v) is 9.88. The van der Waals surface area contributed by atoms with Crippen molar-refractivity contribution in [1.29, 1.82) is 0 Å². The summed E-state index contributed by atoms with van der Waals surface area (Å²) >= 11 is 1.80. The van der Waals surface area contributed by atoms with Gasteiger partial charge >= 0.3 is 0 Å². The summed E-state index contributed by atoms with van der Waals surface area (Å²) in [6.07, 6.45) is 0. The van der Waals surface area contributed by atoms with Crippen molar-refractivity contribution in [3.63, 3.8) is 0 Å².